The first kappa shape index (κ1) is 20.9. The summed E-state index contributed by atoms with van der Waals surface area (Å²) in [5, 5.41) is 1.86. The van der Waals surface area contributed by atoms with E-state index >= 15 is 0 Å². The van der Waals surface area contributed by atoms with Gasteiger partial charge in [0.1, 0.15) is 11.8 Å². The van der Waals surface area contributed by atoms with Crippen molar-refractivity contribution in [3.8, 4) is 5.75 Å². The van der Waals surface area contributed by atoms with E-state index in [1.54, 1.807) is 13.2 Å². The lowest BCUT2D eigenvalue weighted by Gasteiger charge is -2.35. The highest BCUT2D eigenvalue weighted by Crippen LogP contribution is 2.53. The molecule has 2 saturated heterocycles. The fraction of sp³-hybridized carbons (Fsp3) is 0.222. The lowest BCUT2D eigenvalue weighted by molar-refractivity contribution is -0.142. The van der Waals surface area contributed by atoms with Crippen molar-refractivity contribution in [2.45, 2.75) is 18.6 Å². The lowest BCUT2D eigenvalue weighted by atomic mass is 9.84. The SMILES string of the molecule is COc1ccc(CN2C(=O)C3C(C2=O)C2c4ccccc4C=CN2C3C(=O)c2cccs2)cc1. The third kappa shape index (κ3) is 3.04. The van der Waals surface area contributed by atoms with Crippen molar-refractivity contribution >= 4 is 35.0 Å². The van der Waals surface area contributed by atoms with Gasteiger partial charge in [0.2, 0.25) is 11.8 Å². The molecule has 7 heteroatoms. The number of fused-ring (bicyclic) bond motifs is 5. The van der Waals surface area contributed by atoms with Gasteiger partial charge in [-0.05, 0) is 46.3 Å². The van der Waals surface area contributed by atoms with Crippen molar-refractivity contribution in [2.24, 2.45) is 11.8 Å². The smallest absolute Gasteiger partial charge is 0.236 e. The van der Waals surface area contributed by atoms with Crippen LogP contribution in [0.5, 0.6) is 5.75 Å². The van der Waals surface area contributed by atoms with Crippen molar-refractivity contribution in [1.82, 2.24) is 9.80 Å². The van der Waals surface area contributed by atoms with E-state index in [0.29, 0.717) is 10.6 Å². The number of benzene rings is 2. The van der Waals surface area contributed by atoms with Crippen LogP contribution in [0.4, 0.5) is 0 Å². The van der Waals surface area contributed by atoms with E-state index in [4.69, 9.17) is 4.74 Å². The normalized spacial score (nSPS) is 24.7. The van der Waals surface area contributed by atoms with Gasteiger partial charge in [0.25, 0.3) is 0 Å². The number of amides is 2. The van der Waals surface area contributed by atoms with Gasteiger partial charge in [-0.15, -0.1) is 11.3 Å². The second-order valence-electron chi connectivity index (χ2n) is 8.79. The van der Waals surface area contributed by atoms with Crippen molar-refractivity contribution in [3.63, 3.8) is 0 Å². The number of imide groups is 1. The quantitative estimate of drug-likeness (QED) is 0.414. The van der Waals surface area contributed by atoms with Gasteiger partial charge in [-0.25, -0.2) is 0 Å². The monoisotopic (exact) mass is 470 g/mol. The average Bonchev–Trinajstić information content (AvgIpc) is 3.58. The van der Waals surface area contributed by atoms with E-state index in [1.807, 2.05) is 77.2 Å². The highest BCUT2D eigenvalue weighted by molar-refractivity contribution is 7.12. The van der Waals surface area contributed by atoms with Gasteiger partial charge < -0.3 is 9.64 Å². The van der Waals surface area contributed by atoms with Crippen LogP contribution >= 0.6 is 11.3 Å². The molecule has 2 amide bonds. The molecule has 6 nitrogen and oxygen atoms in total. The molecule has 3 aliphatic heterocycles. The van der Waals surface area contributed by atoms with Gasteiger partial charge in [-0.1, -0.05) is 42.5 Å². The second-order valence-corrected chi connectivity index (χ2v) is 9.73. The number of nitrogens with zero attached hydrogens (tertiary/aromatic N) is 2. The number of carbonyl (C=O) groups excluding carboxylic acids is 3. The summed E-state index contributed by atoms with van der Waals surface area (Å²) < 4.78 is 5.21. The Morgan fingerprint density at radius 2 is 1.74 bits per heavy atom. The number of Topliss-reactive ketones (excluding diaryl/α,β-unsaturated/α-hetero) is 1. The molecule has 0 N–H and O–H groups in total. The third-order valence-electron chi connectivity index (χ3n) is 7.09. The summed E-state index contributed by atoms with van der Waals surface area (Å²) in [7, 11) is 1.59. The van der Waals surface area contributed by atoms with Crippen LogP contribution in [0.25, 0.3) is 6.08 Å². The van der Waals surface area contributed by atoms with Crippen molar-refractivity contribution in [2.75, 3.05) is 7.11 Å². The highest BCUT2D eigenvalue weighted by atomic mass is 32.1. The summed E-state index contributed by atoms with van der Waals surface area (Å²) in [5.41, 5.74) is 2.83. The molecular formula is C27H22N2O4S. The second kappa shape index (κ2) is 7.95. The molecule has 170 valence electrons. The van der Waals surface area contributed by atoms with E-state index in [0.717, 1.165) is 16.7 Å². The summed E-state index contributed by atoms with van der Waals surface area (Å²) in [6.07, 6.45) is 3.85. The maximum Gasteiger partial charge on any atom is 0.236 e. The van der Waals surface area contributed by atoms with Gasteiger partial charge in [-0.2, -0.15) is 0 Å². The number of hydrogen-bond acceptors (Lipinski definition) is 6. The zero-order valence-corrected chi connectivity index (χ0v) is 19.3. The summed E-state index contributed by atoms with van der Waals surface area (Å²) in [6.45, 7) is 0.179. The Morgan fingerprint density at radius 3 is 2.47 bits per heavy atom. The molecule has 4 unspecified atom stereocenters. The van der Waals surface area contributed by atoms with E-state index in [9.17, 15) is 14.4 Å². The van der Waals surface area contributed by atoms with E-state index in [-0.39, 0.29) is 30.2 Å². The summed E-state index contributed by atoms with van der Waals surface area (Å²) >= 11 is 1.36. The van der Waals surface area contributed by atoms with Gasteiger partial charge >= 0.3 is 0 Å². The molecule has 1 aromatic heterocycles. The van der Waals surface area contributed by atoms with Gasteiger partial charge in [-0.3, -0.25) is 19.3 Å². The first-order valence-electron chi connectivity index (χ1n) is 11.2. The lowest BCUT2D eigenvalue weighted by Crippen LogP contribution is -2.43. The molecule has 0 radical (unpaired) electrons. The summed E-state index contributed by atoms with van der Waals surface area (Å²) in [5.74, 6) is -1.22. The highest BCUT2D eigenvalue weighted by Gasteiger charge is 2.64. The van der Waals surface area contributed by atoms with Gasteiger partial charge in [0.15, 0.2) is 5.78 Å². The molecule has 0 bridgehead atoms. The van der Waals surface area contributed by atoms with Crippen LogP contribution in [-0.4, -0.2) is 40.5 Å². The molecule has 3 aromatic rings. The number of thiophene rings is 1. The molecule has 6 rings (SSSR count). The standard InChI is InChI=1S/C27H22N2O4S/c1-33-18-10-8-16(9-11-18)15-29-26(31)21-22(27(29)32)24(25(30)20-7-4-14-34-20)28-13-12-17-5-2-3-6-19(17)23(21)28/h2-14,21-24H,15H2,1H3. The minimum absolute atomic E-state index is 0.107. The number of hydrogen-bond donors (Lipinski definition) is 0. The first-order chi connectivity index (χ1) is 16.6. The molecule has 0 saturated carbocycles. The zero-order chi connectivity index (χ0) is 23.4. The molecule has 34 heavy (non-hydrogen) atoms. The molecule has 4 heterocycles. The third-order valence-corrected chi connectivity index (χ3v) is 7.97. The van der Waals surface area contributed by atoms with Crippen LogP contribution in [0.3, 0.4) is 0 Å². The Labute approximate surface area is 201 Å². The molecule has 4 atom stereocenters. The fourth-order valence-corrected chi connectivity index (χ4v) is 6.25. The predicted molar refractivity (Wildman–Crippen MR) is 128 cm³/mol. The molecule has 2 aromatic carbocycles. The van der Waals surface area contributed by atoms with E-state index < -0.39 is 17.9 Å². The van der Waals surface area contributed by atoms with Crippen molar-refractivity contribution < 1.29 is 19.1 Å². The predicted octanol–water partition coefficient (Wildman–Crippen LogP) is 4.15. The number of ketones is 1. The summed E-state index contributed by atoms with van der Waals surface area (Å²) in [4.78, 5) is 45.0. The zero-order valence-electron chi connectivity index (χ0n) is 18.5. The minimum atomic E-state index is -0.721. The maximum atomic E-state index is 13.8. The molecule has 0 aliphatic carbocycles. The van der Waals surface area contributed by atoms with Gasteiger partial charge in [0.05, 0.1) is 36.4 Å². The van der Waals surface area contributed by atoms with Crippen molar-refractivity contribution in [3.05, 3.63) is 93.8 Å². The van der Waals surface area contributed by atoms with E-state index in [1.165, 1.54) is 16.2 Å². The Bertz CT molecular complexity index is 1310. The van der Waals surface area contributed by atoms with Crippen LogP contribution in [0, 0.1) is 11.8 Å². The Kier molecular flexibility index (Phi) is 4.88. The van der Waals surface area contributed by atoms with Crippen LogP contribution < -0.4 is 4.74 Å². The summed E-state index contributed by atoms with van der Waals surface area (Å²) in [6, 6.07) is 17.8. The fourth-order valence-electron chi connectivity index (χ4n) is 5.55. The molecular weight excluding hydrogens is 448 g/mol. The van der Waals surface area contributed by atoms with Crippen LogP contribution in [0.2, 0.25) is 0 Å². The topological polar surface area (TPSA) is 66.9 Å². The first-order valence-corrected chi connectivity index (χ1v) is 12.1. The van der Waals surface area contributed by atoms with Crippen LogP contribution in [-0.2, 0) is 16.1 Å². The molecule has 2 fully saturated rings. The Morgan fingerprint density at radius 1 is 0.971 bits per heavy atom. The van der Waals surface area contributed by atoms with Crippen LogP contribution in [0.1, 0.15) is 32.4 Å². The van der Waals surface area contributed by atoms with Gasteiger partial charge in [0, 0.05) is 6.20 Å². The van der Waals surface area contributed by atoms with Crippen LogP contribution in [0.15, 0.2) is 72.2 Å². The molecule has 0 spiro atoms. The Balaban J connectivity index is 1.41. The number of rotatable bonds is 5. The average molecular weight is 471 g/mol. The maximum absolute atomic E-state index is 13.8. The largest absolute Gasteiger partial charge is 0.497 e. The number of likely N-dealkylation sites (tertiary alicyclic amines) is 1. The number of methoxy groups -OCH3 is 1. The number of ether oxygens (including phenoxy) is 1. The number of carbonyl (C=O) groups is 3. The Hall–Kier alpha value is -3.71. The van der Waals surface area contributed by atoms with E-state index in [2.05, 4.69) is 0 Å². The minimum Gasteiger partial charge on any atom is -0.497 e. The van der Waals surface area contributed by atoms with Crippen molar-refractivity contribution in [1.29, 1.82) is 0 Å². The molecule has 3 aliphatic rings.